The standard InChI is InChI=1S/C24H20O6/c1-27-17-10-20(26)23-19(13-25)24(30-22(23)12-17)18-9-8-16(11-21(18)28-2)29-14-15-6-4-3-5-7-15/h3-13,26H,14H2,1-2H3. The smallest absolute Gasteiger partial charge is 0.154 e. The van der Waals surface area contributed by atoms with Gasteiger partial charge in [0, 0.05) is 18.2 Å². The van der Waals surface area contributed by atoms with Crippen molar-refractivity contribution in [1.29, 1.82) is 0 Å². The molecule has 30 heavy (non-hydrogen) atoms. The lowest BCUT2D eigenvalue weighted by Crippen LogP contribution is -1.96. The largest absolute Gasteiger partial charge is 0.507 e. The highest BCUT2D eigenvalue weighted by Gasteiger charge is 2.22. The minimum absolute atomic E-state index is 0.0942. The Labute approximate surface area is 173 Å². The van der Waals surface area contributed by atoms with Crippen molar-refractivity contribution in [3.63, 3.8) is 0 Å². The van der Waals surface area contributed by atoms with E-state index >= 15 is 0 Å². The number of rotatable bonds is 7. The quantitative estimate of drug-likeness (QED) is 0.426. The van der Waals surface area contributed by atoms with Gasteiger partial charge in [0.05, 0.1) is 30.7 Å². The van der Waals surface area contributed by atoms with Gasteiger partial charge in [0.2, 0.25) is 0 Å². The summed E-state index contributed by atoms with van der Waals surface area (Å²) in [7, 11) is 3.02. The minimum Gasteiger partial charge on any atom is -0.507 e. The molecule has 0 fully saturated rings. The van der Waals surface area contributed by atoms with Crippen LogP contribution in [0.1, 0.15) is 15.9 Å². The fourth-order valence-corrected chi connectivity index (χ4v) is 3.33. The first-order valence-electron chi connectivity index (χ1n) is 9.28. The number of carbonyl (C=O) groups excluding carboxylic acids is 1. The lowest BCUT2D eigenvalue weighted by atomic mass is 10.0. The molecular formula is C24H20O6. The summed E-state index contributed by atoms with van der Waals surface area (Å²) in [6.07, 6.45) is 0.659. The molecule has 0 aliphatic rings. The number of ether oxygens (including phenoxy) is 3. The van der Waals surface area contributed by atoms with E-state index in [0.29, 0.717) is 52.4 Å². The van der Waals surface area contributed by atoms with Crippen molar-refractivity contribution in [1.82, 2.24) is 0 Å². The lowest BCUT2D eigenvalue weighted by molar-refractivity contribution is 0.112. The van der Waals surface area contributed by atoms with E-state index in [1.165, 1.54) is 20.3 Å². The highest BCUT2D eigenvalue weighted by molar-refractivity contribution is 6.06. The van der Waals surface area contributed by atoms with E-state index in [1.807, 2.05) is 30.3 Å². The van der Waals surface area contributed by atoms with Gasteiger partial charge in [-0.2, -0.15) is 0 Å². The van der Waals surface area contributed by atoms with E-state index in [2.05, 4.69) is 0 Å². The number of hydrogen-bond donors (Lipinski definition) is 1. The fourth-order valence-electron chi connectivity index (χ4n) is 3.33. The van der Waals surface area contributed by atoms with Gasteiger partial charge in [0.25, 0.3) is 0 Å². The molecule has 0 amide bonds. The normalized spacial score (nSPS) is 10.7. The molecule has 0 radical (unpaired) electrons. The van der Waals surface area contributed by atoms with Crippen LogP contribution >= 0.6 is 0 Å². The third-order valence-electron chi connectivity index (χ3n) is 4.80. The van der Waals surface area contributed by atoms with E-state index in [9.17, 15) is 9.90 Å². The Bertz CT molecular complexity index is 1190. The van der Waals surface area contributed by atoms with E-state index < -0.39 is 0 Å². The second kappa shape index (κ2) is 8.21. The van der Waals surface area contributed by atoms with Crippen LogP contribution in [-0.4, -0.2) is 25.6 Å². The van der Waals surface area contributed by atoms with Crippen LogP contribution in [0.15, 0.2) is 65.1 Å². The fraction of sp³-hybridized carbons (Fsp3) is 0.125. The molecule has 152 valence electrons. The molecule has 4 rings (SSSR count). The van der Waals surface area contributed by atoms with Crippen LogP contribution in [0.5, 0.6) is 23.0 Å². The Kier molecular flexibility index (Phi) is 5.30. The summed E-state index contributed by atoms with van der Waals surface area (Å²) in [6, 6.07) is 18.2. The number of benzene rings is 3. The van der Waals surface area contributed by atoms with Crippen molar-refractivity contribution in [3.8, 4) is 34.3 Å². The zero-order valence-electron chi connectivity index (χ0n) is 16.5. The van der Waals surface area contributed by atoms with E-state index in [1.54, 1.807) is 24.3 Å². The number of hydrogen-bond acceptors (Lipinski definition) is 6. The maximum atomic E-state index is 11.8. The molecule has 1 heterocycles. The number of carbonyl (C=O) groups is 1. The average Bonchev–Trinajstić information content (AvgIpc) is 3.16. The van der Waals surface area contributed by atoms with Crippen molar-refractivity contribution in [2.75, 3.05) is 14.2 Å². The van der Waals surface area contributed by atoms with Crippen molar-refractivity contribution in [2.24, 2.45) is 0 Å². The zero-order chi connectivity index (χ0) is 21.1. The van der Waals surface area contributed by atoms with Crippen LogP contribution in [0.3, 0.4) is 0 Å². The van der Waals surface area contributed by atoms with Gasteiger partial charge in [-0.25, -0.2) is 0 Å². The molecule has 6 nitrogen and oxygen atoms in total. The summed E-state index contributed by atoms with van der Waals surface area (Å²) >= 11 is 0. The van der Waals surface area contributed by atoms with Crippen LogP contribution in [0, 0.1) is 0 Å². The second-order valence-electron chi connectivity index (χ2n) is 6.62. The van der Waals surface area contributed by atoms with E-state index in [-0.39, 0.29) is 11.3 Å². The predicted octanol–water partition coefficient (Wildman–Crippen LogP) is 5.21. The Morgan fingerprint density at radius 2 is 1.77 bits per heavy atom. The minimum atomic E-state index is -0.0942. The molecule has 1 N–H and O–H groups in total. The van der Waals surface area contributed by atoms with Gasteiger partial charge in [-0.15, -0.1) is 0 Å². The summed E-state index contributed by atoms with van der Waals surface area (Å²) in [5.41, 5.74) is 2.20. The molecular weight excluding hydrogens is 384 g/mol. The topological polar surface area (TPSA) is 78.1 Å². The number of phenols is 1. The lowest BCUT2D eigenvalue weighted by Gasteiger charge is -2.11. The average molecular weight is 404 g/mol. The number of aldehydes is 1. The monoisotopic (exact) mass is 404 g/mol. The molecule has 0 bridgehead atoms. The van der Waals surface area contributed by atoms with Crippen LogP contribution < -0.4 is 14.2 Å². The predicted molar refractivity (Wildman–Crippen MR) is 113 cm³/mol. The number of phenolic OH excluding ortho intramolecular Hbond substituents is 1. The first-order chi connectivity index (χ1) is 14.6. The number of aromatic hydroxyl groups is 1. The number of furan rings is 1. The van der Waals surface area contributed by atoms with Crippen molar-refractivity contribution >= 4 is 17.3 Å². The second-order valence-corrected chi connectivity index (χ2v) is 6.62. The molecule has 0 saturated carbocycles. The molecule has 0 saturated heterocycles. The molecule has 0 aliphatic heterocycles. The highest BCUT2D eigenvalue weighted by atomic mass is 16.5. The molecule has 3 aromatic carbocycles. The van der Waals surface area contributed by atoms with Gasteiger partial charge in [-0.1, -0.05) is 30.3 Å². The molecule has 0 aliphatic carbocycles. The first kappa shape index (κ1) is 19.4. The molecule has 0 spiro atoms. The van der Waals surface area contributed by atoms with Crippen LogP contribution in [0.25, 0.3) is 22.3 Å². The highest BCUT2D eigenvalue weighted by Crippen LogP contribution is 2.43. The van der Waals surface area contributed by atoms with Gasteiger partial charge in [-0.05, 0) is 17.7 Å². The van der Waals surface area contributed by atoms with Crippen LogP contribution in [0.4, 0.5) is 0 Å². The van der Waals surface area contributed by atoms with E-state index in [4.69, 9.17) is 18.6 Å². The third-order valence-corrected chi connectivity index (χ3v) is 4.80. The Morgan fingerprint density at radius 3 is 2.47 bits per heavy atom. The van der Waals surface area contributed by atoms with Gasteiger partial charge in [-0.3, -0.25) is 4.79 Å². The Balaban J connectivity index is 1.73. The summed E-state index contributed by atoms with van der Waals surface area (Å²) in [5.74, 6) is 1.73. The third kappa shape index (κ3) is 3.55. The van der Waals surface area contributed by atoms with Crippen LogP contribution in [-0.2, 0) is 6.61 Å². The van der Waals surface area contributed by atoms with Gasteiger partial charge >= 0.3 is 0 Å². The maximum Gasteiger partial charge on any atom is 0.154 e. The summed E-state index contributed by atoms with van der Waals surface area (Å²) < 4.78 is 22.5. The summed E-state index contributed by atoms with van der Waals surface area (Å²) in [5, 5.41) is 10.7. The summed E-state index contributed by atoms with van der Waals surface area (Å²) in [4.78, 5) is 11.8. The van der Waals surface area contributed by atoms with Gasteiger partial charge < -0.3 is 23.7 Å². The molecule has 1 aromatic heterocycles. The number of fused-ring (bicyclic) bond motifs is 1. The van der Waals surface area contributed by atoms with E-state index in [0.717, 1.165) is 5.56 Å². The van der Waals surface area contributed by atoms with Gasteiger partial charge in [0.1, 0.15) is 40.9 Å². The van der Waals surface area contributed by atoms with Crippen LogP contribution in [0.2, 0.25) is 0 Å². The van der Waals surface area contributed by atoms with Crippen molar-refractivity contribution in [3.05, 3.63) is 71.8 Å². The Hall–Kier alpha value is -3.93. The Morgan fingerprint density at radius 1 is 0.967 bits per heavy atom. The molecule has 0 unspecified atom stereocenters. The van der Waals surface area contributed by atoms with Crippen molar-refractivity contribution < 1.29 is 28.5 Å². The molecule has 4 aromatic rings. The summed E-state index contributed by atoms with van der Waals surface area (Å²) in [6.45, 7) is 0.418. The zero-order valence-corrected chi connectivity index (χ0v) is 16.5. The number of methoxy groups -OCH3 is 2. The van der Waals surface area contributed by atoms with Crippen molar-refractivity contribution in [2.45, 2.75) is 6.61 Å². The maximum absolute atomic E-state index is 11.8. The SMILES string of the molecule is COc1cc(O)c2c(C=O)c(-c3ccc(OCc4ccccc4)cc3OC)oc2c1. The molecule has 0 atom stereocenters. The first-order valence-corrected chi connectivity index (χ1v) is 9.28. The molecule has 6 heteroatoms. The van der Waals surface area contributed by atoms with Gasteiger partial charge in [0.15, 0.2) is 6.29 Å².